The van der Waals surface area contributed by atoms with Crippen LogP contribution in [0.1, 0.15) is 21.5 Å². The highest BCUT2D eigenvalue weighted by atomic mass is 32.2. The fourth-order valence-corrected chi connectivity index (χ4v) is 4.33. The van der Waals surface area contributed by atoms with E-state index in [2.05, 4.69) is 4.72 Å². The molecule has 0 saturated heterocycles. The summed E-state index contributed by atoms with van der Waals surface area (Å²) in [7, 11) is -3.75. The number of nitriles is 1. The van der Waals surface area contributed by atoms with E-state index in [1.54, 1.807) is 35.7 Å². The smallest absolute Gasteiger partial charge is 0.342 e. The first-order valence-electron chi connectivity index (χ1n) is 7.94. The maximum atomic E-state index is 12.2. The zero-order chi connectivity index (χ0) is 20.1. The van der Waals surface area contributed by atoms with Gasteiger partial charge in [0, 0.05) is 6.07 Å². The van der Waals surface area contributed by atoms with Gasteiger partial charge in [-0.05, 0) is 41.3 Å². The van der Waals surface area contributed by atoms with Crippen molar-refractivity contribution < 1.29 is 23.1 Å². The van der Waals surface area contributed by atoms with Crippen molar-refractivity contribution in [2.45, 2.75) is 10.8 Å². The summed E-state index contributed by atoms with van der Waals surface area (Å²) < 4.78 is 32.0. The summed E-state index contributed by atoms with van der Waals surface area (Å²) in [5.41, 5.74) is 1.21. The number of nitrogens with zero attached hydrogens (tertiary/aromatic N) is 1. The van der Waals surface area contributed by atoms with Gasteiger partial charge in [0.25, 0.3) is 10.0 Å². The topological polar surface area (TPSA) is 116 Å². The Morgan fingerprint density at radius 3 is 2.54 bits per heavy atom. The molecule has 2 N–H and O–H groups in total. The molecule has 0 aliphatic heterocycles. The lowest BCUT2D eigenvalue weighted by atomic mass is 10.1. The first-order chi connectivity index (χ1) is 13.4. The molecule has 3 rings (SSSR count). The molecule has 142 valence electrons. The number of thiophene rings is 1. The second-order valence-electron chi connectivity index (χ2n) is 5.65. The Labute approximate surface area is 165 Å². The molecule has 9 heteroatoms. The predicted molar refractivity (Wildman–Crippen MR) is 104 cm³/mol. The van der Waals surface area contributed by atoms with Crippen LogP contribution in [0.15, 0.2) is 64.2 Å². The van der Waals surface area contributed by atoms with Gasteiger partial charge in [0.1, 0.15) is 22.1 Å². The number of hydrogen-bond donors (Lipinski definition) is 2. The Hall–Kier alpha value is -3.35. The Morgan fingerprint density at radius 2 is 1.93 bits per heavy atom. The van der Waals surface area contributed by atoms with Crippen molar-refractivity contribution in [1.29, 1.82) is 5.26 Å². The van der Waals surface area contributed by atoms with Gasteiger partial charge >= 0.3 is 5.97 Å². The molecule has 0 atom stereocenters. The van der Waals surface area contributed by atoms with Gasteiger partial charge in [-0.25, -0.2) is 13.2 Å². The zero-order valence-corrected chi connectivity index (χ0v) is 16.0. The van der Waals surface area contributed by atoms with Gasteiger partial charge in [-0.2, -0.15) is 5.26 Å². The standard InChI is InChI=1S/C19H14N2O5S2/c20-11-13-3-5-14(6-4-13)12-26-19(23)16-8-7-15(10-17(16)22)21-28(24,25)18-2-1-9-27-18/h1-10,21-22H,12H2. The molecule has 0 amide bonds. The molecule has 0 radical (unpaired) electrons. The van der Waals surface area contributed by atoms with Crippen LogP contribution in [0, 0.1) is 11.3 Å². The summed E-state index contributed by atoms with van der Waals surface area (Å²) >= 11 is 1.06. The van der Waals surface area contributed by atoms with Gasteiger partial charge in [0.15, 0.2) is 0 Å². The van der Waals surface area contributed by atoms with Crippen LogP contribution in [-0.4, -0.2) is 19.5 Å². The van der Waals surface area contributed by atoms with Crippen molar-refractivity contribution in [2.75, 3.05) is 4.72 Å². The highest BCUT2D eigenvalue weighted by molar-refractivity contribution is 7.94. The minimum absolute atomic E-state index is 0.0310. The number of carbonyl (C=O) groups excluding carboxylic acids is 1. The number of carbonyl (C=O) groups is 1. The van der Waals surface area contributed by atoms with Gasteiger partial charge in [-0.15, -0.1) is 11.3 Å². The lowest BCUT2D eigenvalue weighted by Gasteiger charge is -2.10. The van der Waals surface area contributed by atoms with Crippen molar-refractivity contribution in [3.8, 4) is 11.8 Å². The van der Waals surface area contributed by atoms with Gasteiger partial charge in [-0.3, -0.25) is 4.72 Å². The third-order valence-corrected chi connectivity index (χ3v) is 6.46. The third kappa shape index (κ3) is 4.49. The number of phenolic OH excluding ortho intramolecular Hbond substituents is 1. The molecule has 1 aromatic heterocycles. The van der Waals surface area contributed by atoms with E-state index >= 15 is 0 Å². The number of aromatic hydroxyl groups is 1. The number of benzene rings is 2. The van der Waals surface area contributed by atoms with Gasteiger partial charge in [-0.1, -0.05) is 18.2 Å². The van der Waals surface area contributed by atoms with Crippen molar-refractivity contribution in [3.05, 3.63) is 76.7 Å². The SMILES string of the molecule is N#Cc1ccc(COC(=O)c2ccc(NS(=O)(=O)c3cccs3)cc2O)cc1. The average Bonchev–Trinajstić information content (AvgIpc) is 3.22. The van der Waals surface area contributed by atoms with E-state index < -0.39 is 21.7 Å². The van der Waals surface area contributed by atoms with Crippen LogP contribution in [0.3, 0.4) is 0 Å². The van der Waals surface area contributed by atoms with Crippen molar-refractivity contribution in [1.82, 2.24) is 0 Å². The fourth-order valence-electron chi connectivity index (χ4n) is 2.29. The molecule has 0 fully saturated rings. The number of ether oxygens (including phenoxy) is 1. The molecule has 28 heavy (non-hydrogen) atoms. The van der Waals surface area contributed by atoms with Crippen LogP contribution in [-0.2, 0) is 21.4 Å². The highest BCUT2D eigenvalue weighted by Crippen LogP contribution is 2.26. The Bertz CT molecular complexity index is 1130. The molecule has 3 aromatic rings. The van der Waals surface area contributed by atoms with Gasteiger partial charge in [0.05, 0.1) is 17.3 Å². The normalized spacial score (nSPS) is 10.8. The maximum Gasteiger partial charge on any atom is 0.342 e. The number of esters is 1. The zero-order valence-electron chi connectivity index (χ0n) is 14.3. The summed E-state index contributed by atoms with van der Waals surface area (Å²) in [6, 6.07) is 15.4. The highest BCUT2D eigenvalue weighted by Gasteiger charge is 2.18. The summed E-state index contributed by atoms with van der Waals surface area (Å²) in [5.74, 6) is -1.16. The maximum absolute atomic E-state index is 12.2. The third-order valence-electron chi connectivity index (χ3n) is 3.68. The van der Waals surface area contributed by atoms with E-state index in [-0.39, 0.29) is 22.1 Å². The van der Waals surface area contributed by atoms with E-state index in [0.29, 0.717) is 11.1 Å². The molecule has 7 nitrogen and oxygen atoms in total. The fraction of sp³-hybridized carbons (Fsp3) is 0.0526. The predicted octanol–water partition coefficient (Wildman–Crippen LogP) is 3.48. The monoisotopic (exact) mass is 414 g/mol. The molecule has 0 spiro atoms. The first kappa shape index (κ1) is 19.4. The van der Waals surface area contributed by atoms with Crippen LogP contribution >= 0.6 is 11.3 Å². The number of nitrogens with one attached hydrogen (secondary N) is 1. The van der Waals surface area contributed by atoms with Crippen LogP contribution < -0.4 is 4.72 Å². The number of phenols is 1. The Balaban J connectivity index is 1.67. The van der Waals surface area contributed by atoms with Gasteiger partial charge in [0.2, 0.25) is 0 Å². The molecular weight excluding hydrogens is 400 g/mol. The van der Waals surface area contributed by atoms with E-state index in [0.717, 1.165) is 17.4 Å². The molecule has 0 unspecified atom stereocenters. The van der Waals surface area contributed by atoms with E-state index in [9.17, 15) is 18.3 Å². The molecule has 2 aromatic carbocycles. The van der Waals surface area contributed by atoms with Crippen molar-refractivity contribution in [2.24, 2.45) is 0 Å². The van der Waals surface area contributed by atoms with Crippen LogP contribution in [0.5, 0.6) is 5.75 Å². The minimum atomic E-state index is -3.75. The number of hydrogen-bond acceptors (Lipinski definition) is 7. The van der Waals surface area contributed by atoms with E-state index in [1.165, 1.54) is 18.2 Å². The van der Waals surface area contributed by atoms with Gasteiger partial charge < -0.3 is 9.84 Å². The quantitative estimate of drug-likeness (QED) is 0.597. The molecule has 1 heterocycles. The molecule has 0 bridgehead atoms. The number of anilines is 1. The number of sulfonamides is 1. The molecular formula is C19H14N2O5S2. The van der Waals surface area contributed by atoms with Crippen molar-refractivity contribution >= 4 is 33.0 Å². The summed E-state index contributed by atoms with van der Waals surface area (Å²) in [4.78, 5) is 12.2. The second-order valence-corrected chi connectivity index (χ2v) is 8.51. The molecule has 0 saturated carbocycles. The lowest BCUT2D eigenvalue weighted by molar-refractivity contribution is 0.0469. The minimum Gasteiger partial charge on any atom is -0.507 e. The van der Waals surface area contributed by atoms with Crippen LogP contribution in [0.25, 0.3) is 0 Å². The van der Waals surface area contributed by atoms with Crippen molar-refractivity contribution in [3.63, 3.8) is 0 Å². The van der Waals surface area contributed by atoms with E-state index in [4.69, 9.17) is 10.00 Å². The average molecular weight is 414 g/mol. The molecule has 0 aliphatic rings. The number of rotatable bonds is 6. The Morgan fingerprint density at radius 1 is 1.18 bits per heavy atom. The summed E-state index contributed by atoms with van der Waals surface area (Å²) in [6.45, 7) is -0.0310. The lowest BCUT2D eigenvalue weighted by Crippen LogP contribution is -2.12. The Kier molecular flexibility index (Phi) is 5.63. The van der Waals surface area contributed by atoms with Crippen LogP contribution in [0.2, 0.25) is 0 Å². The van der Waals surface area contributed by atoms with E-state index in [1.807, 2.05) is 6.07 Å². The summed E-state index contributed by atoms with van der Waals surface area (Å²) in [5, 5.41) is 20.5. The second kappa shape index (κ2) is 8.12. The molecule has 0 aliphatic carbocycles. The largest absolute Gasteiger partial charge is 0.507 e. The van der Waals surface area contributed by atoms with Crippen LogP contribution in [0.4, 0.5) is 5.69 Å². The first-order valence-corrected chi connectivity index (χ1v) is 10.3. The summed E-state index contributed by atoms with van der Waals surface area (Å²) in [6.07, 6.45) is 0.